The van der Waals surface area contributed by atoms with Crippen LogP contribution in [0.2, 0.25) is 0 Å². The van der Waals surface area contributed by atoms with Crippen LogP contribution in [-0.4, -0.2) is 10.9 Å². The number of benzene rings is 3. The summed E-state index contributed by atoms with van der Waals surface area (Å²) < 4.78 is 5.77. The lowest BCUT2D eigenvalue weighted by molar-refractivity contribution is -0.115. The summed E-state index contributed by atoms with van der Waals surface area (Å²) >= 11 is 0. The number of aryl methyl sites for hydroxylation is 3. The molecule has 1 heterocycles. The van der Waals surface area contributed by atoms with Crippen molar-refractivity contribution >= 4 is 22.4 Å². The minimum Gasteiger partial charge on any atom is -0.441 e. The molecular formula is C24H20N2O2. The number of hydrogen-bond acceptors (Lipinski definition) is 3. The van der Waals surface area contributed by atoms with Gasteiger partial charge in [-0.15, -0.1) is 0 Å². The van der Waals surface area contributed by atoms with E-state index in [4.69, 9.17) is 4.42 Å². The Balaban J connectivity index is 1.39. The molecule has 0 atom stereocenters. The van der Waals surface area contributed by atoms with E-state index >= 15 is 0 Å². The molecule has 0 spiro atoms. The second kappa shape index (κ2) is 6.64. The third kappa shape index (κ3) is 2.87. The predicted octanol–water partition coefficient (Wildman–Crippen LogP) is 5.08. The Morgan fingerprint density at radius 1 is 1.00 bits per heavy atom. The largest absolute Gasteiger partial charge is 0.441 e. The molecule has 0 fully saturated rings. The first-order valence-electron chi connectivity index (χ1n) is 9.54. The number of rotatable bonds is 4. The van der Waals surface area contributed by atoms with E-state index in [-0.39, 0.29) is 12.3 Å². The van der Waals surface area contributed by atoms with E-state index in [9.17, 15) is 4.79 Å². The van der Waals surface area contributed by atoms with Gasteiger partial charge in [-0.1, -0.05) is 42.5 Å². The molecule has 0 bridgehead atoms. The molecule has 1 amide bonds. The summed E-state index contributed by atoms with van der Waals surface area (Å²) in [6.45, 7) is 1.85. The van der Waals surface area contributed by atoms with Crippen molar-refractivity contribution in [2.45, 2.75) is 26.2 Å². The van der Waals surface area contributed by atoms with Crippen molar-refractivity contribution in [1.29, 1.82) is 0 Å². The first kappa shape index (κ1) is 16.8. The van der Waals surface area contributed by atoms with Crippen molar-refractivity contribution in [2.75, 3.05) is 5.32 Å². The molecule has 138 valence electrons. The van der Waals surface area contributed by atoms with Crippen molar-refractivity contribution in [3.8, 4) is 11.5 Å². The SMILES string of the molecule is Cc1oc(-c2ccccc2)nc1CC(=O)Nc1ccc2c3c(cccc13)CC2. The number of hydrogen-bond donors (Lipinski definition) is 1. The molecule has 4 aromatic rings. The highest BCUT2D eigenvalue weighted by Gasteiger charge is 2.18. The van der Waals surface area contributed by atoms with Crippen LogP contribution < -0.4 is 5.32 Å². The third-order valence-electron chi connectivity index (χ3n) is 5.39. The van der Waals surface area contributed by atoms with Gasteiger partial charge >= 0.3 is 0 Å². The van der Waals surface area contributed by atoms with Crippen LogP contribution in [-0.2, 0) is 24.1 Å². The van der Waals surface area contributed by atoms with Crippen LogP contribution in [0.1, 0.15) is 22.6 Å². The molecule has 3 aromatic carbocycles. The molecule has 1 aliphatic carbocycles. The molecule has 0 unspecified atom stereocenters. The van der Waals surface area contributed by atoms with E-state index in [2.05, 4.69) is 34.6 Å². The number of carbonyl (C=O) groups is 1. The number of aromatic nitrogens is 1. The minimum atomic E-state index is -0.0882. The number of nitrogens with zero attached hydrogens (tertiary/aromatic N) is 1. The average molecular weight is 368 g/mol. The Labute approximate surface area is 163 Å². The molecule has 1 aromatic heterocycles. The molecule has 0 radical (unpaired) electrons. The summed E-state index contributed by atoms with van der Waals surface area (Å²) in [6, 6.07) is 20.2. The van der Waals surface area contributed by atoms with Crippen LogP contribution >= 0.6 is 0 Å². The van der Waals surface area contributed by atoms with Crippen LogP contribution in [0, 0.1) is 6.92 Å². The summed E-state index contributed by atoms with van der Waals surface area (Å²) in [5.74, 6) is 1.13. The van der Waals surface area contributed by atoms with Gasteiger partial charge in [-0.05, 0) is 54.5 Å². The highest BCUT2D eigenvalue weighted by atomic mass is 16.4. The van der Waals surface area contributed by atoms with Crippen LogP contribution in [0.25, 0.3) is 22.2 Å². The zero-order valence-electron chi connectivity index (χ0n) is 15.7. The van der Waals surface area contributed by atoms with Gasteiger partial charge in [0.25, 0.3) is 0 Å². The van der Waals surface area contributed by atoms with Crippen LogP contribution in [0.5, 0.6) is 0 Å². The minimum absolute atomic E-state index is 0.0882. The van der Waals surface area contributed by atoms with Crippen molar-refractivity contribution in [3.63, 3.8) is 0 Å². The lowest BCUT2D eigenvalue weighted by Crippen LogP contribution is -2.15. The molecule has 28 heavy (non-hydrogen) atoms. The average Bonchev–Trinajstić information content (AvgIpc) is 3.30. The van der Waals surface area contributed by atoms with Crippen LogP contribution in [0.3, 0.4) is 0 Å². The van der Waals surface area contributed by atoms with Crippen molar-refractivity contribution in [2.24, 2.45) is 0 Å². The summed E-state index contributed by atoms with van der Waals surface area (Å²) in [4.78, 5) is 17.3. The molecule has 1 N–H and O–H groups in total. The molecule has 5 rings (SSSR count). The fourth-order valence-electron chi connectivity index (χ4n) is 4.00. The maximum atomic E-state index is 12.7. The fourth-order valence-corrected chi connectivity index (χ4v) is 4.00. The Morgan fingerprint density at radius 3 is 2.61 bits per heavy atom. The number of oxazole rings is 1. The van der Waals surface area contributed by atoms with Gasteiger partial charge in [-0.25, -0.2) is 4.98 Å². The summed E-state index contributed by atoms with van der Waals surface area (Å²) in [7, 11) is 0. The monoisotopic (exact) mass is 368 g/mol. The van der Waals surface area contributed by atoms with Crippen molar-refractivity contribution in [1.82, 2.24) is 4.98 Å². The predicted molar refractivity (Wildman–Crippen MR) is 110 cm³/mol. The second-order valence-corrected chi connectivity index (χ2v) is 7.22. The van der Waals surface area contributed by atoms with Gasteiger partial charge in [0, 0.05) is 16.6 Å². The van der Waals surface area contributed by atoms with E-state index in [1.807, 2.05) is 43.3 Å². The molecule has 1 aliphatic rings. The number of anilines is 1. The second-order valence-electron chi connectivity index (χ2n) is 7.22. The maximum Gasteiger partial charge on any atom is 0.230 e. The molecule has 4 nitrogen and oxygen atoms in total. The topological polar surface area (TPSA) is 55.1 Å². The lowest BCUT2D eigenvalue weighted by Gasteiger charge is -2.10. The summed E-state index contributed by atoms with van der Waals surface area (Å²) in [5.41, 5.74) is 5.16. The first-order valence-corrected chi connectivity index (χ1v) is 9.54. The van der Waals surface area contributed by atoms with E-state index in [0.29, 0.717) is 17.3 Å². The zero-order chi connectivity index (χ0) is 19.1. The standard InChI is InChI=1S/C24H20N2O2/c1-15-21(26-24(28-15)18-6-3-2-4-7-18)14-22(27)25-20-13-12-17-11-10-16-8-5-9-19(20)23(16)17/h2-9,12-13H,10-11,14H2,1H3,(H,25,27). The molecule has 0 saturated carbocycles. The van der Waals surface area contributed by atoms with E-state index in [1.54, 1.807) is 0 Å². The van der Waals surface area contributed by atoms with Gasteiger partial charge in [-0.2, -0.15) is 0 Å². The van der Waals surface area contributed by atoms with E-state index < -0.39 is 0 Å². The molecular weight excluding hydrogens is 348 g/mol. The molecule has 0 saturated heterocycles. The zero-order valence-corrected chi connectivity index (χ0v) is 15.7. The number of nitrogens with one attached hydrogen (secondary N) is 1. The lowest BCUT2D eigenvalue weighted by atomic mass is 10.0. The number of carbonyl (C=O) groups excluding carboxylic acids is 1. The number of amides is 1. The molecule has 0 aliphatic heterocycles. The summed E-state index contributed by atoms with van der Waals surface area (Å²) in [6.07, 6.45) is 2.33. The first-order chi connectivity index (χ1) is 13.7. The Bertz CT molecular complexity index is 1180. The van der Waals surface area contributed by atoms with Gasteiger partial charge < -0.3 is 9.73 Å². The van der Waals surface area contributed by atoms with Crippen molar-refractivity contribution < 1.29 is 9.21 Å². The summed E-state index contributed by atoms with van der Waals surface area (Å²) in [5, 5.41) is 5.48. The van der Waals surface area contributed by atoms with E-state index in [0.717, 1.165) is 29.5 Å². The van der Waals surface area contributed by atoms with Crippen LogP contribution in [0.15, 0.2) is 65.1 Å². The molecule has 4 heteroatoms. The van der Waals surface area contributed by atoms with Crippen molar-refractivity contribution in [3.05, 3.63) is 83.2 Å². The van der Waals surface area contributed by atoms with Gasteiger partial charge in [-0.3, -0.25) is 4.79 Å². The normalized spacial score (nSPS) is 12.5. The van der Waals surface area contributed by atoms with Crippen LogP contribution in [0.4, 0.5) is 5.69 Å². The Kier molecular flexibility index (Phi) is 3.97. The third-order valence-corrected chi connectivity index (χ3v) is 5.39. The van der Waals surface area contributed by atoms with E-state index in [1.165, 1.54) is 16.5 Å². The highest BCUT2D eigenvalue weighted by molar-refractivity contribution is 6.05. The Hall–Kier alpha value is -3.40. The Morgan fingerprint density at radius 2 is 1.79 bits per heavy atom. The quantitative estimate of drug-likeness (QED) is 0.546. The fraction of sp³-hybridized carbons (Fsp3) is 0.167. The van der Waals surface area contributed by atoms with Gasteiger partial charge in [0.05, 0.1) is 12.1 Å². The highest BCUT2D eigenvalue weighted by Crippen LogP contribution is 2.35. The van der Waals surface area contributed by atoms with Gasteiger partial charge in [0.1, 0.15) is 5.76 Å². The van der Waals surface area contributed by atoms with Gasteiger partial charge in [0.15, 0.2) is 0 Å². The van der Waals surface area contributed by atoms with Gasteiger partial charge in [0.2, 0.25) is 11.8 Å². The maximum absolute atomic E-state index is 12.7. The smallest absolute Gasteiger partial charge is 0.230 e.